The Labute approximate surface area is 84.3 Å². The van der Waals surface area contributed by atoms with Crippen molar-refractivity contribution in [3.63, 3.8) is 0 Å². The van der Waals surface area contributed by atoms with Gasteiger partial charge in [-0.2, -0.15) is 13.2 Å². The second-order valence-electron chi connectivity index (χ2n) is 2.52. The second-order valence-corrected chi connectivity index (χ2v) is 2.52. The predicted molar refractivity (Wildman–Crippen MR) is 43.1 cm³/mol. The Balaban J connectivity index is 3.71. The largest absolute Gasteiger partial charge is 0.463 e. The van der Waals surface area contributed by atoms with Gasteiger partial charge in [0.25, 0.3) is 0 Å². The molecule has 0 aliphatic carbocycles. The molecule has 0 rings (SSSR count). The standard InChI is InChI=1S/C8H11F3O4/c1-2-14-3-4-15-7(13)5-6(12)8(9,10)11/h2-5H2,1H3. The molecule has 0 aromatic carbocycles. The molecule has 0 unspecified atom stereocenters. The third-order valence-corrected chi connectivity index (χ3v) is 1.32. The van der Waals surface area contributed by atoms with Crippen LogP contribution in [0.25, 0.3) is 0 Å². The number of Topliss-reactive ketones (excluding diaryl/α,β-unsaturated/α-hetero) is 1. The Morgan fingerprint density at radius 3 is 2.27 bits per heavy atom. The van der Waals surface area contributed by atoms with Gasteiger partial charge in [-0.05, 0) is 6.92 Å². The first-order valence-electron chi connectivity index (χ1n) is 4.21. The van der Waals surface area contributed by atoms with E-state index in [1.807, 2.05) is 0 Å². The summed E-state index contributed by atoms with van der Waals surface area (Å²) in [5.41, 5.74) is 0. The van der Waals surface area contributed by atoms with Crippen molar-refractivity contribution in [2.75, 3.05) is 19.8 Å². The minimum Gasteiger partial charge on any atom is -0.463 e. The van der Waals surface area contributed by atoms with Crippen molar-refractivity contribution in [1.29, 1.82) is 0 Å². The fourth-order valence-corrected chi connectivity index (χ4v) is 0.641. The summed E-state index contributed by atoms with van der Waals surface area (Å²) in [6, 6.07) is 0. The molecule has 0 saturated carbocycles. The van der Waals surface area contributed by atoms with Crippen molar-refractivity contribution < 1.29 is 32.2 Å². The smallest absolute Gasteiger partial charge is 0.450 e. The number of esters is 1. The first-order valence-corrected chi connectivity index (χ1v) is 4.21. The van der Waals surface area contributed by atoms with E-state index in [0.29, 0.717) is 6.61 Å². The third-order valence-electron chi connectivity index (χ3n) is 1.32. The van der Waals surface area contributed by atoms with Crippen LogP contribution in [0.2, 0.25) is 0 Å². The van der Waals surface area contributed by atoms with Gasteiger partial charge in [0.05, 0.1) is 6.61 Å². The number of ketones is 1. The van der Waals surface area contributed by atoms with Crippen LogP contribution in [0.5, 0.6) is 0 Å². The summed E-state index contributed by atoms with van der Waals surface area (Å²) in [4.78, 5) is 21.0. The molecule has 0 spiro atoms. The molecule has 0 bridgehead atoms. The first-order chi connectivity index (χ1) is 6.88. The monoisotopic (exact) mass is 228 g/mol. The third kappa shape index (κ3) is 6.89. The second kappa shape index (κ2) is 6.39. The first kappa shape index (κ1) is 13.9. The molecule has 15 heavy (non-hydrogen) atoms. The molecule has 0 saturated heterocycles. The van der Waals surface area contributed by atoms with Gasteiger partial charge in [-0.15, -0.1) is 0 Å². The fraction of sp³-hybridized carbons (Fsp3) is 0.750. The number of halogens is 3. The molecular formula is C8H11F3O4. The molecule has 4 nitrogen and oxygen atoms in total. The van der Waals surface area contributed by atoms with E-state index in [4.69, 9.17) is 4.74 Å². The van der Waals surface area contributed by atoms with Gasteiger partial charge in [-0.1, -0.05) is 0 Å². The number of carbonyl (C=O) groups excluding carboxylic acids is 2. The number of rotatable bonds is 6. The van der Waals surface area contributed by atoms with E-state index in [0.717, 1.165) is 0 Å². The predicted octanol–water partition coefficient (Wildman–Crippen LogP) is 1.09. The molecule has 0 N–H and O–H groups in total. The number of hydrogen-bond acceptors (Lipinski definition) is 4. The number of ether oxygens (including phenoxy) is 2. The molecule has 0 heterocycles. The lowest BCUT2D eigenvalue weighted by atomic mass is 10.3. The molecule has 88 valence electrons. The normalized spacial score (nSPS) is 11.2. The van der Waals surface area contributed by atoms with E-state index < -0.39 is 24.3 Å². The summed E-state index contributed by atoms with van der Waals surface area (Å²) in [5.74, 6) is -3.30. The Bertz CT molecular complexity index is 224. The summed E-state index contributed by atoms with van der Waals surface area (Å²) < 4.78 is 44.1. The van der Waals surface area contributed by atoms with Crippen LogP contribution in [0.1, 0.15) is 13.3 Å². The molecule has 0 aromatic rings. The quantitative estimate of drug-likeness (QED) is 0.388. The summed E-state index contributed by atoms with van der Waals surface area (Å²) in [6.45, 7) is 2.08. The summed E-state index contributed by atoms with van der Waals surface area (Å²) in [5, 5.41) is 0. The van der Waals surface area contributed by atoms with Crippen LogP contribution in [0, 0.1) is 0 Å². The molecule has 0 aliphatic rings. The van der Waals surface area contributed by atoms with Crippen molar-refractivity contribution in [2.45, 2.75) is 19.5 Å². The van der Waals surface area contributed by atoms with Gasteiger partial charge in [-0.25, -0.2) is 0 Å². The Morgan fingerprint density at radius 1 is 1.20 bits per heavy atom. The maximum Gasteiger partial charge on any atom is 0.450 e. The van der Waals surface area contributed by atoms with E-state index in [9.17, 15) is 22.8 Å². The van der Waals surface area contributed by atoms with Crippen molar-refractivity contribution in [2.24, 2.45) is 0 Å². The molecule has 7 heteroatoms. The van der Waals surface area contributed by atoms with Crippen LogP contribution < -0.4 is 0 Å². The van der Waals surface area contributed by atoms with Gasteiger partial charge in [0.15, 0.2) is 0 Å². The zero-order valence-corrected chi connectivity index (χ0v) is 8.10. The average molecular weight is 228 g/mol. The molecule has 0 atom stereocenters. The average Bonchev–Trinajstić information content (AvgIpc) is 2.11. The molecule has 0 amide bonds. The van der Waals surface area contributed by atoms with E-state index in [-0.39, 0.29) is 13.2 Å². The summed E-state index contributed by atoms with van der Waals surface area (Å²) >= 11 is 0. The van der Waals surface area contributed by atoms with Gasteiger partial charge in [0.1, 0.15) is 13.0 Å². The maximum atomic E-state index is 11.7. The fourth-order valence-electron chi connectivity index (χ4n) is 0.641. The van der Waals surface area contributed by atoms with Crippen LogP contribution in [-0.4, -0.2) is 37.7 Å². The van der Waals surface area contributed by atoms with Gasteiger partial charge in [-0.3, -0.25) is 9.59 Å². The van der Waals surface area contributed by atoms with Crippen LogP contribution in [0.15, 0.2) is 0 Å². The highest BCUT2D eigenvalue weighted by Gasteiger charge is 2.39. The summed E-state index contributed by atoms with van der Waals surface area (Å²) in [6.07, 6.45) is -6.27. The van der Waals surface area contributed by atoms with E-state index >= 15 is 0 Å². The molecular weight excluding hydrogens is 217 g/mol. The SMILES string of the molecule is CCOCCOC(=O)CC(=O)C(F)(F)F. The molecule has 0 fully saturated rings. The van der Waals surface area contributed by atoms with Crippen LogP contribution in [0.3, 0.4) is 0 Å². The highest BCUT2D eigenvalue weighted by atomic mass is 19.4. The molecule has 0 aliphatic heterocycles. The van der Waals surface area contributed by atoms with Gasteiger partial charge >= 0.3 is 12.1 Å². The van der Waals surface area contributed by atoms with Crippen LogP contribution >= 0.6 is 0 Å². The van der Waals surface area contributed by atoms with Crippen molar-refractivity contribution in [3.8, 4) is 0 Å². The van der Waals surface area contributed by atoms with E-state index in [1.54, 1.807) is 6.92 Å². The Hall–Kier alpha value is -1.11. The van der Waals surface area contributed by atoms with Crippen molar-refractivity contribution >= 4 is 11.8 Å². The van der Waals surface area contributed by atoms with E-state index in [2.05, 4.69) is 4.74 Å². The van der Waals surface area contributed by atoms with Crippen molar-refractivity contribution in [1.82, 2.24) is 0 Å². The Morgan fingerprint density at radius 2 is 1.80 bits per heavy atom. The summed E-state index contributed by atoms with van der Waals surface area (Å²) in [7, 11) is 0. The van der Waals surface area contributed by atoms with Gasteiger partial charge < -0.3 is 9.47 Å². The lowest BCUT2D eigenvalue weighted by Gasteiger charge is -2.06. The van der Waals surface area contributed by atoms with Crippen LogP contribution in [0.4, 0.5) is 13.2 Å². The number of hydrogen-bond donors (Lipinski definition) is 0. The maximum absolute atomic E-state index is 11.7. The van der Waals surface area contributed by atoms with Crippen molar-refractivity contribution in [3.05, 3.63) is 0 Å². The number of carbonyl (C=O) groups is 2. The van der Waals surface area contributed by atoms with Crippen LogP contribution in [-0.2, 0) is 19.1 Å². The highest BCUT2D eigenvalue weighted by molar-refractivity contribution is 5.98. The lowest BCUT2D eigenvalue weighted by molar-refractivity contribution is -0.175. The molecule has 0 aromatic heterocycles. The number of alkyl halides is 3. The Kier molecular flexibility index (Phi) is 5.92. The minimum absolute atomic E-state index is 0.0997. The topological polar surface area (TPSA) is 52.6 Å². The minimum atomic E-state index is -4.99. The van der Waals surface area contributed by atoms with E-state index in [1.165, 1.54) is 0 Å². The zero-order valence-electron chi connectivity index (χ0n) is 8.10. The van der Waals surface area contributed by atoms with Gasteiger partial charge in [0.2, 0.25) is 5.78 Å². The van der Waals surface area contributed by atoms with Gasteiger partial charge in [0, 0.05) is 6.61 Å². The lowest BCUT2D eigenvalue weighted by Crippen LogP contribution is -2.26. The zero-order chi connectivity index (χ0) is 11.9. The highest BCUT2D eigenvalue weighted by Crippen LogP contribution is 2.17. The molecule has 0 radical (unpaired) electrons.